The van der Waals surface area contributed by atoms with Crippen molar-refractivity contribution in [3.63, 3.8) is 0 Å². The number of hydrogen-bond donors (Lipinski definition) is 2. The number of nitrogens with zero attached hydrogens (tertiary/aromatic N) is 1. The molecule has 2 rings (SSSR count). The molecule has 18 heavy (non-hydrogen) atoms. The zero-order valence-electron chi connectivity index (χ0n) is 9.58. The predicted molar refractivity (Wildman–Crippen MR) is 65.9 cm³/mol. The first-order chi connectivity index (χ1) is 8.59. The van der Waals surface area contributed by atoms with Crippen molar-refractivity contribution in [1.82, 2.24) is 15.3 Å². The topological polar surface area (TPSA) is 57.8 Å². The summed E-state index contributed by atoms with van der Waals surface area (Å²) in [5.41, 5.74) is -0.155. The molecule has 1 aromatic carbocycles. The normalized spacial score (nSPS) is 12.2. The van der Waals surface area contributed by atoms with E-state index in [-0.39, 0.29) is 16.6 Å². The van der Waals surface area contributed by atoms with Crippen LogP contribution in [-0.4, -0.2) is 15.9 Å². The second-order valence-electron chi connectivity index (χ2n) is 3.77. The van der Waals surface area contributed by atoms with Crippen molar-refractivity contribution in [1.29, 1.82) is 0 Å². The number of benzene rings is 1. The Bertz CT molecular complexity index is 536. The molecule has 0 aliphatic heterocycles. The van der Waals surface area contributed by atoms with Crippen molar-refractivity contribution in [3.8, 4) is 0 Å². The van der Waals surface area contributed by atoms with E-state index in [2.05, 4.69) is 15.3 Å². The molecule has 1 atom stereocenters. The van der Waals surface area contributed by atoms with Gasteiger partial charge in [-0.1, -0.05) is 17.7 Å². The smallest absolute Gasteiger partial charge is 0.256 e. The highest BCUT2D eigenvalue weighted by atomic mass is 35.5. The summed E-state index contributed by atoms with van der Waals surface area (Å²) in [4.78, 5) is 18.8. The summed E-state index contributed by atoms with van der Waals surface area (Å²) in [5, 5.41) is 2.71. The number of rotatable bonds is 3. The summed E-state index contributed by atoms with van der Waals surface area (Å²) in [6, 6.07) is 3.75. The second-order valence-corrected chi connectivity index (χ2v) is 4.17. The van der Waals surface area contributed by atoms with E-state index in [1.807, 2.05) is 0 Å². The first-order valence-corrected chi connectivity index (χ1v) is 5.71. The number of halogens is 2. The number of carbonyl (C=O) groups excluding carboxylic acids is 1. The summed E-state index contributed by atoms with van der Waals surface area (Å²) in [6.07, 6.45) is 3.22. The van der Waals surface area contributed by atoms with Crippen molar-refractivity contribution < 1.29 is 9.18 Å². The van der Waals surface area contributed by atoms with E-state index in [0.29, 0.717) is 5.82 Å². The fourth-order valence-electron chi connectivity index (χ4n) is 1.57. The largest absolute Gasteiger partial charge is 0.347 e. The maximum Gasteiger partial charge on any atom is 0.256 e. The van der Waals surface area contributed by atoms with E-state index in [1.54, 1.807) is 19.3 Å². The highest BCUT2D eigenvalue weighted by Gasteiger charge is 2.18. The van der Waals surface area contributed by atoms with Gasteiger partial charge in [-0.15, -0.1) is 0 Å². The van der Waals surface area contributed by atoms with Gasteiger partial charge in [0.05, 0.1) is 16.6 Å². The van der Waals surface area contributed by atoms with Gasteiger partial charge >= 0.3 is 0 Å². The molecule has 0 spiro atoms. The zero-order chi connectivity index (χ0) is 13.1. The monoisotopic (exact) mass is 267 g/mol. The Labute approximate surface area is 108 Å². The molecule has 4 nitrogen and oxygen atoms in total. The Kier molecular flexibility index (Phi) is 3.62. The fraction of sp³-hybridized carbons (Fsp3) is 0.167. The molecule has 0 bridgehead atoms. The minimum absolute atomic E-state index is 0.0825. The molecule has 2 N–H and O–H groups in total. The molecule has 1 heterocycles. The predicted octanol–water partition coefficient (Wildman–Crippen LogP) is 2.69. The van der Waals surface area contributed by atoms with Crippen LogP contribution in [0.5, 0.6) is 0 Å². The van der Waals surface area contributed by atoms with Gasteiger partial charge in [0, 0.05) is 12.4 Å². The SMILES string of the molecule is CC(NC(=O)c1c(F)cccc1Cl)c1ncc[nH]1. The Hall–Kier alpha value is -1.88. The number of carbonyl (C=O) groups is 1. The minimum Gasteiger partial charge on any atom is -0.347 e. The van der Waals surface area contributed by atoms with Gasteiger partial charge in [-0.3, -0.25) is 4.79 Å². The van der Waals surface area contributed by atoms with Gasteiger partial charge in [-0.25, -0.2) is 9.37 Å². The Morgan fingerprint density at radius 2 is 2.33 bits per heavy atom. The van der Waals surface area contributed by atoms with Crippen molar-refractivity contribution >= 4 is 17.5 Å². The molecule has 0 fully saturated rings. The average molecular weight is 268 g/mol. The van der Waals surface area contributed by atoms with Crippen molar-refractivity contribution in [2.75, 3.05) is 0 Å². The van der Waals surface area contributed by atoms with Crippen LogP contribution < -0.4 is 5.32 Å². The van der Waals surface area contributed by atoms with Crippen LogP contribution in [-0.2, 0) is 0 Å². The maximum absolute atomic E-state index is 13.5. The molecule has 0 saturated heterocycles. The fourth-order valence-corrected chi connectivity index (χ4v) is 1.82. The Balaban J connectivity index is 2.18. The van der Waals surface area contributed by atoms with Crippen molar-refractivity contribution in [3.05, 3.63) is 52.8 Å². The highest BCUT2D eigenvalue weighted by Crippen LogP contribution is 2.19. The van der Waals surface area contributed by atoms with Gasteiger partial charge in [0.1, 0.15) is 11.6 Å². The lowest BCUT2D eigenvalue weighted by atomic mass is 10.2. The average Bonchev–Trinajstić information content (AvgIpc) is 2.81. The van der Waals surface area contributed by atoms with E-state index >= 15 is 0 Å². The molecule has 1 amide bonds. The van der Waals surface area contributed by atoms with Gasteiger partial charge in [0.2, 0.25) is 0 Å². The van der Waals surface area contributed by atoms with Gasteiger partial charge in [-0.05, 0) is 19.1 Å². The van der Waals surface area contributed by atoms with Crippen LogP contribution in [0.25, 0.3) is 0 Å². The molecule has 0 aliphatic rings. The van der Waals surface area contributed by atoms with Crippen LogP contribution in [0.2, 0.25) is 5.02 Å². The van der Waals surface area contributed by atoms with E-state index in [4.69, 9.17) is 11.6 Å². The number of imidazole rings is 1. The van der Waals surface area contributed by atoms with Gasteiger partial charge in [-0.2, -0.15) is 0 Å². The lowest BCUT2D eigenvalue weighted by Crippen LogP contribution is -2.28. The van der Waals surface area contributed by atoms with Gasteiger partial charge in [0.25, 0.3) is 5.91 Å². The molecule has 6 heteroatoms. The van der Waals surface area contributed by atoms with Crippen LogP contribution in [0.15, 0.2) is 30.6 Å². The Morgan fingerprint density at radius 3 is 2.94 bits per heavy atom. The van der Waals surface area contributed by atoms with Crippen molar-refractivity contribution in [2.24, 2.45) is 0 Å². The number of aromatic amines is 1. The summed E-state index contributed by atoms with van der Waals surface area (Å²) < 4.78 is 13.5. The molecule has 94 valence electrons. The molecule has 1 unspecified atom stereocenters. The molecular formula is C12H11ClFN3O. The Morgan fingerprint density at radius 1 is 1.56 bits per heavy atom. The van der Waals surface area contributed by atoms with Crippen LogP contribution in [0, 0.1) is 5.82 Å². The number of amides is 1. The van der Waals surface area contributed by atoms with E-state index in [1.165, 1.54) is 18.2 Å². The number of hydrogen-bond acceptors (Lipinski definition) is 2. The molecular weight excluding hydrogens is 257 g/mol. The minimum atomic E-state index is -0.647. The summed E-state index contributed by atoms with van der Waals surface area (Å²) in [5.74, 6) is -0.621. The molecule has 0 radical (unpaired) electrons. The standard InChI is InChI=1S/C12H11ClFN3O/c1-7(11-15-5-6-16-11)17-12(18)10-8(13)3-2-4-9(10)14/h2-7H,1H3,(H,15,16)(H,17,18). The first kappa shape index (κ1) is 12.6. The molecule has 0 aliphatic carbocycles. The van der Waals surface area contributed by atoms with Crippen LogP contribution in [0.4, 0.5) is 4.39 Å². The third-order valence-electron chi connectivity index (χ3n) is 2.47. The number of H-pyrrole nitrogens is 1. The summed E-state index contributed by atoms with van der Waals surface area (Å²) >= 11 is 5.81. The number of aromatic nitrogens is 2. The zero-order valence-corrected chi connectivity index (χ0v) is 10.3. The molecule has 0 saturated carbocycles. The van der Waals surface area contributed by atoms with Crippen LogP contribution >= 0.6 is 11.6 Å². The lowest BCUT2D eigenvalue weighted by molar-refractivity contribution is 0.0934. The quantitative estimate of drug-likeness (QED) is 0.898. The van der Waals surface area contributed by atoms with E-state index in [9.17, 15) is 9.18 Å². The lowest BCUT2D eigenvalue weighted by Gasteiger charge is -2.12. The van der Waals surface area contributed by atoms with Crippen LogP contribution in [0.3, 0.4) is 0 Å². The molecule has 1 aromatic heterocycles. The first-order valence-electron chi connectivity index (χ1n) is 5.33. The second kappa shape index (κ2) is 5.18. The van der Waals surface area contributed by atoms with E-state index < -0.39 is 11.7 Å². The van der Waals surface area contributed by atoms with Crippen molar-refractivity contribution in [2.45, 2.75) is 13.0 Å². The highest BCUT2D eigenvalue weighted by molar-refractivity contribution is 6.33. The summed E-state index contributed by atoms with van der Waals surface area (Å²) in [6.45, 7) is 1.74. The maximum atomic E-state index is 13.5. The van der Waals surface area contributed by atoms with E-state index in [0.717, 1.165) is 0 Å². The van der Waals surface area contributed by atoms with Crippen LogP contribution in [0.1, 0.15) is 29.1 Å². The number of nitrogens with one attached hydrogen (secondary N) is 2. The third-order valence-corrected chi connectivity index (χ3v) is 2.78. The molecule has 2 aromatic rings. The summed E-state index contributed by atoms with van der Waals surface area (Å²) in [7, 11) is 0. The van der Waals surface area contributed by atoms with Gasteiger partial charge in [0.15, 0.2) is 0 Å². The third kappa shape index (κ3) is 2.51. The van der Waals surface area contributed by atoms with Gasteiger partial charge < -0.3 is 10.3 Å².